The fraction of sp³-hybridized carbons (Fsp3) is 0.895. The van der Waals surface area contributed by atoms with Crippen LogP contribution in [0.1, 0.15) is 137 Å². The van der Waals surface area contributed by atoms with Gasteiger partial charge in [0.25, 0.3) is 0 Å². The van der Waals surface area contributed by atoms with Gasteiger partial charge in [-0.2, -0.15) is 0 Å². The van der Waals surface area contributed by atoms with E-state index in [9.17, 15) is 0 Å². The van der Waals surface area contributed by atoms with Crippen molar-refractivity contribution in [3.8, 4) is 0 Å². The Bertz CT molecular complexity index is 812. The second kappa shape index (κ2) is 17.2. The summed E-state index contributed by atoms with van der Waals surface area (Å²) in [5.74, 6) is 0. The predicted octanol–water partition coefficient (Wildman–Crippen LogP) is 14.0. The Morgan fingerprint density at radius 2 is 0.667 bits per heavy atom. The second-order valence-electron chi connectivity index (χ2n) is 18.4. The Hall–Kier alpha value is 0.228. The lowest BCUT2D eigenvalue weighted by atomic mass is 10.1. The lowest BCUT2D eigenvalue weighted by Gasteiger charge is -2.49. The molecule has 7 heteroatoms. The van der Waals surface area contributed by atoms with Gasteiger partial charge in [0.05, 0.1) is 12.2 Å². The van der Waals surface area contributed by atoms with Crippen LogP contribution in [0, 0.1) is 0 Å². The predicted molar refractivity (Wildman–Crippen MR) is 215 cm³/mol. The first kappa shape index (κ1) is 45.2. The Labute approximate surface area is 288 Å². The maximum atomic E-state index is 7.38. The van der Waals surface area contributed by atoms with E-state index in [2.05, 4.69) is 175 Å². The first-order chi connectivity index (χ1) is 20.1. The lowest BCUT2D eigenvalue weighted by molar-refractivity contribution is 0.233. The topological polar surface area (TPSA) is 27.7 Å². The number of hydrogen-bond donors (Lipinski definition) is 0. The number of hydrogen-bond acceptors (Lipinski definition) is 3. The van der Waals surface area contributed by atoms with Crippen molar-refractivity contribution in [3.05, 3.63) is 24.3 Å². The minimum atomic E-state index is -2.04. The molecule has 0 aliphatic rings. The monoisotopic (exact) mass is 699 g/mol. The van der Waals surface area contributed by atoms with Gasteiger partial charge in [-0.15, -0.1) is 0 Å². The molecule has 0 fully saturated rings. The summed E-state index contributed by atoms with van der Waals surface area (Å²) in [5.41, 5.74) is 3.59. The summed E-state index contributed by atoms with van der Waals surface area (Å²) in [6, 6.07) is 0. The zero-order valence-corrected chi connectivity index (χ0v) is 38.6. The molecular weight excluding hydrogens is 617 g/mol. The van der Waals surface area contributed by atoms with E-state index in [0.29, 0.717) is 33.2 Å². The maximum Gasteiger partial charge on any atom is 0.201 e. The van der Waals surface area contributed by atoms with E-state index in [1.54, 1.807) is 0 Å². The fourth-order valence-electron chi connectivity index (χ4n) is 8.05. The summed E-state index contributed by atoms with van der Waals surface area (Å²) in [6.07, 6.45) is 11.8. The van der Waals surface area contributed by atoms with E-state index >= 15 is 0 Å². The van der Waals surface area contributed by atoms with E-state index in [4.69, 9.17) is 13.0 Å². The quantitative estimate of drug-likeness (QED) is 0.0935. The van der Waals surface area contributed by atoms with Crippen LogP contribution < -0.4 is 0 Å². The Morgan fingerprint density at radius 1 is 0.444 bits per heavy atom. The molecule has 0 spiro atoms. The van der Waals surface area contributed by atoms with Crippen molar-refractivity contribution in [1.29, 1.82) is 0 Å². The Morgan fingerprint density at radius 3 is 0.867 bits per heavy atom. The molecule has 0 amide bonds. The van der Waals surface area contributed by atoms with Gasteiger partial charge in [0.15, 0.2) is 16.6 Å². The molecule has 3 nitrogen and oxygen atoms in total. The van der Waals surface area contributed by atoms with Crippen molar-refractivity contribution < 1.29 is 13.0 Å². The molecule has 0 bridgehead atoms. The highest BCUT2D eigenvalue weighted by Gasteiger charge is 2.50. The zero-order valence-electron chi connectivity index (χ0n) is 34.6. The molecule has 45 heavy (non-hydrogen) atoms. The zero-order chi connectivity index (χ0) is 36.0. The summed E-state index contributed by atoms with van der Waals surface area (Å²) in [6.45, 7) is 52.4. The first-order valence-corrected chi connectivity index (χ1v) is 28.6. The molecule has 0 heterocycles. The third-order valence-corrected chi connectivity index (χ3v) is 35.4. The summed E-state index contributed by atoms with van der Waals surface area (Å²) in [5, 5.41) is 0.228. The molecule has 0 aromatic heterocycles. The smallest absolute Gasteiger partial charge is 0.201 e. The van der Waals surface area contributed by atoms with Crippen molar-refractivity contribution in [1.82, 2.24) is 0 Å². The molecule has 2 unspecified atom stereocenters. The van der Waals surface area contributed by atoms with Crippen LogP contribution in [0.25, 0.3) is 0 Å². The van der Waals surface area contributed by atoms with Gasteiger partial charge in [-0.05, 0) is 96.2 Å². The molecular formula is C38H82O3Si4. The van der Waals surface area contributed by atoms with Crippen LogP contribution in [0.4, 0.5) is 0 Å². The molecule has 0 aliphatic carbocycles. The van der Waals surface area contributed by atoms with Gasteiger partial charge in [-0.3, -0.25) is 0 Å². The molecule has 0 aromatic rings. The van der Waals surface area contributed by atoms with Crippen molar-refractivity contribution in [2.24, 2.45) is 0 Å². The van der Waals surface area contributed by atoms with E-state index in [0.717, 1.165) is 12.8 Å². The molecule has 0 radical (unpaired) electrons. The molecule has 0 aliphatic heterocycles. The number of rotatable bonds is 20. The summed E-state index contributed by atoms with van der Waals surface area (Å²) >= 11 is 0. The second-order valence-corrected chi connectivity index (χ2v) is 38.8. The highest BCUT2D eigenvalue weighted by atomic mass is 28.4. The average molecular weight is 699 g/mol. The number of allylic oxidation sites excluding steroid dienone is 2. The lowest BCUT2D eigenvalue weighted by Crippen LogP contribution is -2.54. The molecule has 0 aromatic carbocycles. The Kier molecular flexibility index (Phi) is 17.3. The van der Waals surface area contributed by atoms with E-state index in [1.807, 2.05) is 0 Å². The third kappa shape index (κ3) is 11.1. The highest BCUT2D eigenvalue weighted by molar-refractivity contribution is 6.87. The SMILES string of the molecule is CC(C=CCC(C)(C)[Si](C)(C)O[Si](C)(C)C(C)(C)CC=CC(C)O[Si](C(C)C)(C(C)C)C(C)C)O[Si](C(C)C)(C(C)C)C(C)C. The van der Waals surface area contributed by atoms with Gasteiger partial charge < -0.3 is 13.0 Å². The summed E-state index contributed by atoms with van der Waals surface area (Å²) in [4.78, 5) is 0. The standard InChI is InChI=1S/C38H82O3Si4/c1-29(2)44(30(3)4,31(5)6)39-35(13)25-23-27-37(15,16)42(19,20)41-43(21,22)38(17,18)28-24-26-36(14)40-45(32(7)8,33(9)10)34(11)12/h23-26,29-36H,27-28H2,1-22H3. The van der Waals surface area contributed by atoms with Crippen LogP contribution in [0.15, 0.2) is 24.3 Å². The van der Waals surface area contributed by atoms with Crippen LogP contribution in [0.3, 0.4) is 0 Å². The third-order valence-electron chi connectivity index (χ3n) is 12.0. The molecule has 0 saturated heterocycles. The van der Waals surface area contributed by atoms with Crippen molar-refractivity contribution in [2.45, 2.75) is 219 Å². The summed E-state index contributed by atoms with van der Waals surface area (Å²) in [7, 11) is -7.88. The van der Waals surface area contributed by atoms with E-state index in [1.165, 1.54) is 0 Å². The van der Waals surface area contributed by atoms with E-state index < -0.39 is 33.3 Å². The molecule has 0 saturated carbocycles. The van der Waals surface area contributed by atoms with Crippen LogP contribution in [-0.4, -0.2) is 45.5 Å². The molecule has 2 atom stereocenters. The minimum Gasteiger partial charge on any atom is -0.455 e. The van der Waals surface area contributed by atoms with Crippen LogP contribution in [0.5, 0.6) is 0 Å². The van der Waals surface area contributed by atoms with Crippen LogP contribution in [-0.2, 0) is 13.0 Å². The molecule has 268 valence electrons. The van der Waals surface area contributed by atoms with Gasteiger partial charge in [0.2, 0.25) is 16.6 Å². The highest BCUT2D eigenvalue weighted by Crippen LogP contribution is 2.49. The van der Waals surface area contributed by atoms with Crippen molar-refractivity contribution >= 4 is 33.3 Å². The van der Waals surface area contributed by atoms with Gasteiger partial charge >= 0.3 is 0 Å². The molecule has 0 rings (SSSR count). The van der Waals surface area contributed by atoms with E-state index in [-0.39, 0.29) is 22.3 Å². The van der Waals surface area contributed by atoms with Gasteiger partial charge in [0.1, 0.15) is 0 Å². The van der Waals surface area contributed by atoms with Gasteiger partial charge in [0, 0.05) is 0 Å². The molecule has 0 N–H and O–H groups in total. The minimum absolute atomic E-state index is 0.114. The normalized spacial score (nSPS) is 16.6. The maximum absolute atomic E-state index is 7.38. The van der Waals surface area contributed by atoms with Gasteiger partial charge in [-0.1, -0.05) is 135 Å². The van der Waals surface area contributed by atoms with Crippen LogP contribution in [0.2, 0.25) is 69.5 Å². The van der Waals surface area contributed by atoms with Crippen LogP contribution >= 0.6 is 0 Å². The summed E-state index contributed by atoms with van der Waals surface area (Å²) < 4.78 is 21.4. The first-order valence-electron chi connectivity index (χ1n) is 18.5. The van der Waals surface area contributed by atoms with Crippen molar-refractivity contribution in [2.75, 3.05) is 0 Å². The average Bonchev–Trinajstić information content (AvgIpc) is 2.83. The Balaban J connectivity index is 5.66. The largest absolute Gasteiger partial charge is 0.455 e. The fourth-order valence-corrected chi connectivity index (χ4v) is 27.7. The van der Waals surface area contributed by atoms with Gasteiger partial charge in [-0.25, -0.2) is 0 Å². The van der Waals surface area contributed by atoms with Crippen molar-refractivity contribution in [3.63, 3.8) is 0 Å².